The highest BCUT2D eigenvalue weighted by atomic mass is 32.1. The van der Waals surface area contributed by atoms with Gasteiger partial charge in [-0.1, -0.05) is 66.7 Å². The Bertz CT molecular complexity index is 1500. The Labute approximate surface area is 256 Å². The number of rotatable bonds is 12. The Balaban J connectivity index is 1.25. The molecule has 5 rings (SSSR count). The van der Waals surface area contributed by atoms with Crippen molar-refractivity contribution in [2.45, 2.75) is 57.2 Å². The third-order valence-corrected chi connectivity index (χ3v) is 8.60. The van der Waals surface area contributed by atoms with Crippen LogP contribution in [0.15, 0.2) is 90.3 Å². The van der Waals surface area contributed by atoms with Gasteiger partial charge in [0.1, 0.15) is 5.01 Å². The van der Waals surface area contributed by atoms with Crippen molar-refractivity contribution in [3.63, 3.8) is 0 Å². The maximum absolute atomic E-state index is 13.5. The number of ether oxygens (including phenoxy) is 1. The summed E-state index contributed by atoms with van der Waals surface area (Å²) in [7, 11) is 1.73. The predicted octanol–water partition coefficient (Wildman–Crippen LogP) is 4.37. The van der Waals surface area contributed by atoms with E-state index < -0.39 is 12.1 Å². The van der Waals surface area contributed by atoms with Crippen molar-refractivity contribution in [3.8, 4) is 0 Å². The van der Waals surface area contributed by atoms with Crippen molar-refractivity contribution in [1.29, 1.82) is 0 Å². The van der Waals surface area contributed by atoms with E-state index in [2.05, 4.69) is 15.6 Å². The number of aryl methyl sites for hydroxylation is 1. The molecule has 4 aromatic rings. The molecule has 3 aromatic carbocycles. The van der Waals surface area contributed by atoms with Crippen LogP contribution >= 0.6 is 11.3 Å². The quantitative estimate of drug-likeness (QED) is 0.224. The molecule has 0 saturated carbocycles. The van der Waals surface area contributed by atoms with Gasteiger partial charge in [0.2, 0.25) is 0 Å². The van der Waals surface area contributed by atoms with Crippen molar-refractivity contribution in [3.05, 3.63) is 123 Å². The van der Waals surface area contributed by atoms with Gasteiger partial charge in [0.05, 0.1) is 31.4 Å². The maximum atomic E-state index is 13.5. The SMILES string of the molecule is Cc1csc(CN(C)C(=O)c2cccc(C(=O)NC(Cc3ccccc3)C(O)C3CC(OCc4ccccc4)CN3)c2)n1. The zero-order chi connectivity index (χ0) is 30.2. The lowest BCUT2D eigenvalue weighted by Crippen LogP contribution is -2.52. The molecule has 4 atom stereocenters. The topological polar surface area (TPSA) is 104 Å². The zero-order valence-corrected chi connectivity index (χ0v) is 25.3. The van der Waals surface area contributed by atoms with Crippen LogP contribution in [0.1, 0.15) is 49.0 Å². The minimum Gasteiger partial charge on any atom is -0.389 e. The summed E-state index contributed by atoms with van der Waals surface area (Å²) in [6, 6.07) is 25.7. The fourth-order valence-corrected chi connectivity index (χ4v) is 6.15. The smallest absolute Gasteiger partial charge is 0.253 e. The molecule has 0 spiro atoms. The van der Waals surface area contributed by atoms with E-state index in [9.17, 15) is 14.7 Å². The lowest BCUT2D eigenvalue weighted by Gasteiger charge is -2.29. The molecule has 1 aromatic heterocycles. The van der Waals surface area contributed by atoms with Gasteiger partial charge < -0.3 is 25.4 Å². The number of aromatic nitrogens is 1. The number of aliphatic hydroxyl groups is 1. The average molecular weight is 599 g/mol. The second kappa shape index (κ2) is 14.5. The Morgan fingerprint density at radius 1 is 1.05 bits per heavy atom. The number of amides is 2. The lowest BCUT2D eigenvalue weighted by molar-refractivity contribution is 0.0419. The highest BCUT2D eigenvalue weighted by Crippen LogP contribution is 2.20. The molecule has 2 amide bonds. The monoisotopic (exact) mass is 598 g/mol. The van der Waals surface area contributed by atoms with E-state index in [4.69, 9.17) is 4.74 Å². The molecule has 4 unspecified atom stereocenters. The van der Waals surface area contributed by atoms with Gasteiger partial charge in [-0.05, 0) is 49.1 Å². The standard InChI is InChI=1S/C34H38N4O4S/c1-23-22-43-31(36-23)20-38(2)34(41)27-15-9-14-26(17-27)33(40)37-30(16-24-10-5-3-6-11-24)32(39)29-18-28(19-35-29)42-21-25-12-7-4-8-13-25/h3-15,17,22,28-30,32,35,39H,16,18-21H2,1-2H3,(H,37,40). The van der Waals surface area contributed by atoms with Crippen molar-refractivity contribution >= 4 is 23.2 Å². The average Bonchev–Trinajstić information content (AvgIpc) is 3.68. The molecule has 224 valence electrons. The van der Waals surface area contributed by atoms with Crippen LogP contribution in [0.2, 0.25) is 0 Å². The van der Waals surface area contributed by atoms with Gasteiger partial charge in [0.25, 0.3) is 11.8 Å². The van der Waals surface area contributed by atoms with Crippen LogP contribution in [-0.4, -0.2) is 64.7 Å². The first-order chi connectivity index (χ1) is 20.9. The summed E-state index contributed by atoms with van der Waals surface area (Å²) in [5.41, 5.74) is 3.81. The van der Waals surface area contributed by atoms with E-state index in [0.29, 0.717) is 43.7 Å². The van der Waals surface area contributed by atoms with Gasteiger partial charge in [0, 0.05) is 41.8 Å². The van der Waals surface area contributed by atoms with E-state index in [1.165, 1.54) is 11.3 Å². The van der Waals surface area contributed by atoms with Crippen LogP contribution in [0, 0.1) is 6.92 Å². The molecule has 9 heteroatoms. The number of carbonyl (C=O) groups is 2. The first-order valence-corrected chi connectivity index (χ1v) is 15.4. The number of benzene rings is 3. The molecule has 0 bridgehead atoms. The van der Waals surface area contributed by atoms with Gasteiger partial charge >= 0.3 is 0 Å². The molecular weight excluding hydrogens is 560 g/mol. The molecule has 3 N–H and O–H groups in total. The molecule has 8 nitrogen and oxygen atoms in total. The van der Waals surface area contributed by atoms with Crippen molar-refractivity contribution in [2.75, 3.05) is 13.6 Å². The summed E-state index contributed by atoms with van der Waals surface area (Å²) in [6.07, 6.45) is 0.188. The third kappa shape index (κ3) is 8.36. The molecule has 0 aliphatic carbocycles. The normalized spacial score (nSPS) is 17.7. The number of carbonyl (C=O) groups excluding carboxylic acids is 2. The zero-order valence-electron chi connectivity index (χ0n) is 24.5. The number of thiazole rings is 1. The second-order valence-electron chi connectivity index (χ2n) is 11.1. The van der Waals surface area contributed by atoms with E-state index >= 15 is 0 Å². The fourth-order valence-electron chi connectivity index (χ4n) is 5.33. The van der Waals surface area contributed by atoms with Crippen molar-refractivity contribution < 1.29 is 19.4 Å². The van der Waals surface area contributed by atoms with E-state index in [-0.39, 0.29) is 24.0 Å². The van der Waals surface area contributed by atoms with Crippen LogP contribution in [0.4, 0.5) is 0 Å². The van der Waals surface area contributed by atoms with E-state index in [1.807, 2.05) is 73.0 Å². The third-order valence-electron chi connectivity index (χ3n) is 7.65. The molecule has 1 fully saturated rings. The molecule has 1 aliphatic heterocycles. The van der Waals surface area contributed by atoms with Gasteiger partial charge in [0.15, 0.2) is 0 Å². The molecule has 1 aliphatic rings. The maximum Gasteiger partial charge on any atom is 0.253 e. The molecule has 0 radical (unpaired) electrons. The first kappa shape index (κ1) is 30.6. The Kier molecular flexibility index (Phi) is 10.3. The van der Waals surface area contributed by atoms with Crippen molar-refractivity contribution in [2.24, 2.45) is 0 Å². The minimum absolute atomic E-state index is 0.0408. The van der Waals surface area contributed by atoms with Gasteiger partial charge in [-0.25, -0.2) is 4.98 Å². The van der Waals surface area contributed by atoms with Gasteiger partial charge in [-0.3, -0.25) is 9.59 Å². The molecule has 2 heterocycles. The molecule has 43 heavy (non-hydrogen) atoms. The Morgan fingerprint density at radius 2 is 1.74 bits per heavy atom. The number of nitrogens with zero attached hydrogens (tertiary/aromatic N) is 2. The summed E-state index contributed by atoms with van der Waals surface area (Å²) in [5.74, 6) is -0.539. The minimum atomic E-state index is -0.854. The van der Waals surface area contributed by atoms with E-state index in [0.717, 1.165) is 21.8 Å². The van der Waals surface area contributed by atoms with Crippen LogP contribution < -0.4 is 10.6 Å². The fraction of sp³-hybridized carbons (Fsp3) is 0.324. The van der Waals surface area contributed by atoms with Crippen LogP contribution in [-0.2, 0) is 24.3 Å². The number of aliphatic hydroxyl groups excluding tert-OH is 1. The Morgan fingerprint density at radius 3 is 2.44 bits per heavy atom. The predicted molar refractivity (Wildman–Crippen MR) is 168 cm³/mol. The lowest BCUT2D eigenvalue weighted by atomic mass is 9.94. The van der Waals surface area contributed by atoms with Crippen LogP contribution in [0.25, 0.3) is 0 Å². The summed E-state index contributed by atoms with van der Waals surface area (Å²) < 4.78 is 6.11. The molecular formula is C34H38N4O4S. The first-order valence-electron chi connectivity index (χ1n) is 14.5. The highest BCUT2D eigenvalue weighted by Gasteiger charge is 2.35. The van der Waals surface area contributed by atoms with E-state index in [1.54, 1.807) is 36.2 Å². The van der Waals surface area contributed by atoms with Crippen molar-refractivity contribution in [1.82, 2.24) is 20.5 Å². The summed E-state index contributed by atoms with van der Waals surface area (Å²) in [6.45, 7) is 3.45. The van der Waals surface area contributed by atoms with Gasteiger partial charge in [-0.2, -0.15) is 0 Å². The van der Waals surface area contributed by atoms with Crippen LogP contribution in [0.3, 0.4) is 0 Å². The summed E-state index contributed by atoms with van der Waals surface area (Å²) in [4.78, 5) is 32.7. The largest absolute Gasteiger partial charge is 0.389 e. The Hall–Kier alpha value is -3.89. The number of hydrogen-bond donors (Lipinski definition) is 3. The number of nitrogens with one attached hydrogen (secondary N) is 2. The van der Waals surface area contributed by atoms with Crippen LogP contribution in [0.5, 0.6) is 0 Å². The highest BCUT2D eigenvalue weighted by molar-refractivity contribution is 7.09. The summed E-state index contributed by atoms with van der Waals surface area (Å²) in [5, 5.41) is 20.8. The summed E-state index contributed by atoms with van der Waals surface area (Å²) >= 11 is 1.51. The number of hydrogen-bond acceptors (Lipinski definition) is 7. The van der Waals surface area contributed by atoms with Gasteiger partial charge in [-0.15, -0.1) is 11.3 Å². The second-order valence-corrected chi connectivity index (χ2v) is 12.0. The molecule has 1 saturated heterocycles.